The Bertz CT molecular complexity index is 879. The van der Waals surface area contributed by atoms with E-state index in [4.69, 9.17) is 16.3 Å². The first kappa shape index (κ1) is 24.7. The molecule has 30 heavy (non-hydrogen) atoms. The van der Waals surface area contributed by atoms with E-state index in [1.165, 1.54) is 4.90 Å². The third-order valence-electron chi connectivity index (χ3n) is 4.48. The molecule has 0 aromatic heterocycles. The summed E-state index contributed by atoms with van der Waals surface area (Å²) in [4.78, 5) is 27.1. The van der Waals surface area contributed by atoms with Gasteiger partial charge in [0.1, 0.15) is 11.8 Å². The molecule has 0 aliphatic heterocycles. The van der Waals surface area contributed by atoms with Crippen LogP contribution in [0.2, 0.25) is 5.02 Å². The summed E-state index contributed by atoms with van der Waals surface area (Å²) >= 11 is 13.0. The van der Waals surface area contributed by atoms with Crippen molar-refractivity contribution in [1.29, 1.82) is 0 Å². The largest absolute Gasteiger partial charge is 0.482 e. The Kier molecular flexibility index (Phi) is 10.1. The van der Waals surface area contributed by atoms with Gasteiger partial charge in [0.05, 0.1) is 5.02 Å². The number of carbonyl (C=O) groups is 2. The SMILES string of the molecule is CCCCNC(=O)[C@H](C)N(Cc1cccc(Br)c1)C(=O)COc1ccc(Br)cc1Cl. The second-order valence-corrected chi connectivity index (χ2v) is 9.07. The Hall–Kier alpha value is -1.57. The zero-order valence-electron chi connectivity index (χ0n) is 17.0. The molecule has 2 amide bonds. The van der Waals surface area contributed by atoms with Gasteiger partial charge >= 0.3 is 0 Å². The molecule has 0 saturated carbocycles. The van der Waals surface area contributed by atoms with Crippen molar-refractivity contribution in [3.05, 3.63) is 62.0 Å². The van der Waals surface area contributed by atoms with E-state index in [1.54, 1.807) is 25.1 Å². The summed E-state index contributed by atoms with van der Waals surface area (Å²) in [6.45, 7) is 4.44. The van der Waals surface area contributed by atoms with Gasteiger partial charge in [0.2, 0.25) is 5.91 Å². The van der Waals surface area contributed by atoms with Crippen LogP contribution in [0.3, 0.4) is 0 Å². The Morgan fingerprint density at radius 3 is 2.57 bits per heavy atom. The van der Waals surface area contributed by atoms with Gasteiger partial charge in [-0.3, -0.25) is 9.59 Å². The van der Waals surface area contributed by atoms with Crippen molar-refractivity contribution in [1.82, 2.24) is 10.2 Å². The minimum absolute atomic E-state index is 0.187. The molecule has 1 N–H and O–H groups in total. The van der Waals surface area contributed by atoms with Crippen molar-refractivity contribution in [2.75, 3.05) is 13.2 Å². The molecule has 0 spiro atoms. The second-order valence-electron chi connectivity index (χ2n) is 6.84. The van der Waals surface area contributed by atoms with Gasteiger partial charge in [0, 0.05) is 22.0 Å². The van der Waals surface area contributed by atoms with Crippen LogP contribution in [-0.2, 0) is 16.1 Å². The highest BCUT2D eigenvalue weighted by atomic mass is 79.9. The van der Waals surface area contributed by atoms with E-state index in [0.29, 0.717) is 17.3 Å². The maximum atomic E-state index is 13.0. The van der Waals surface area contributed by atoms with E-state index < -0.39 is 6.04 Å². The lowest BCUT2D eigenvalue weighted by molar-refractivity contribution is -0.142. The van der Waals surface area contributed by atoms with Crippen molar-refractivity contribution in [2.24, 2.45) is 0 Å². The highest BCUT2D eigenvalue weighted by molar-refractivity contribution is 9.10. The first-order chi connectivity index (χ1) is 14.3. The van der Waals surface area contributed by atoms with Crippen molar-refractivity contribution in [2.45, 2.75) is 39.3 Å². The van der Waals surface area contributed by atoms with Crippen LogP contribution < -0.4 is 10.1 Å². The van der Waals surface area contributed by atoms with Crippen molar-refractivity contribution in [3.63, 3.8) is 0 Å². The van der Waals surface area contributed by atoms with E-state index >= 15 is 0 Å². The smallest absolute Gasteiger partial charge is 0.261 e. The fraction of sp³-hybridized carbons (Fsp3) is 0.364. The lowest BCUT2D eigenvalue weighted by Gasteiger charge is -2.29. The van der Waals surface area contributed by atoms with E-state index in [1.807, 2.05) is 24.3 Å². The van der Waals surface area contributed by atoms with Crippen molar-refractivity contribution in [3.8, 4) is 5.75 Å². The third kappa shape index (κ3) is 7.60. The zero-order valence-corrected chi connectivity index (χ0v) is 20.9. The topological polar surface area (TPSA) is 58.6 Å². The number of halogens is 3. The molecule has 0 heterocycles. The standard InChI is InChI=1S/C22H25Br2ClN2O3/c1-3-4-10-26-22(29)15(2)27(13-16-6-5-7-17(23)11-16)21(28)14-30-20-9-8-18(24)12-19(20)25/h5-9,11-12,15H,3-4,10,13-14H2,1-2H3,(H,26,29)/t15-/m0/s1. The zero-order chi connectivity index (χ0) is 22.1. The van der Waals surface area contributed by atoms with Crippen LogP contribution in [-0.4, -0.2) is 35.9 Å². The van der Waals surface area contributed by atoms with Gasteiger partial charge in [-0.1, -0.05) is 68.9 Å². The number of amides is 2. The number of benzene rings is 2. The lowest BCUT2D eigenvalue weighted by Crippen LogP contribution is -2.49. The maximum Gasteiger partial charge on any atom is 0.261 e. The summed E-state index contributed by atoms with van der Waals surface area (Å²) in [6, 6.07) is 12.2. The Morgan fingerprint density at radius 1 is 1.17 bits per heavy atom. The van der Waals surface area contributed by atoms with Crippen LogP contribution in [0, 0.1) is 0 Å². The summed E-state index contributed by atoms with van der Waals surface area (Å²) in [6.07, 6.45) is 1.88. The van der Waals surface area contributed by atoms with Crippen LogP contribution in [0.5, 0.6) is 5.75 Å². The van der Waals surface area contributed by atoms with Crippen molar-refractivity contribution >= 4 is 55.3 Å². The Morgan fingerprint density at radius 2 is 1.90 bits per heavy atom. The van der Waals surface area contributed by atoms with Gasteiger partial charge < -0.3 is 15.0 Å². The monoisotopic (exact) mass is 558 g/mol. The number of nitrogens with one attached hydrogen (secondary N) is 1. The molecule has 162 valence electrons. The number of carbonyl (C=O) groups excluding carboxylic acids is 2. The van der Waals surface area contributed by atoms with Gasteiger partial charge in [-0.15, -0.1) is 0 Å². The fourth-order valence-corrected chi connectivity index (χ4v) is 3.94. The summed E-state index contributed by atoms with van der Waals surface area (Å²) in [5, 5.41) is 3.30. The quantitative estimate of drug-likeness (QED) is 0.386. The first-order valence-electron chi connectivity index (χ1n) is 9.71. The van der Waals surface area contributed by atoms with Crippen LogP contribution in [0.4, 0.5) is 0 Å². The molecule has 2 rings (SSSR count). The molecule has 2 aromatic rings. The van der Waals surface area contributed by atoms with Crippen LogP contribution >= 0.6 is 43.5 Å². The summed E-state index contributed by atoms with van der Waals surface area (Å²) < 4.78 is 7.37. The summed E-state index contributed by atoms with van der Waals surface area (Å²) in [5.74, 6) is -0.0729. The van der Waals surface area contributed by atoms with E-state index in [0.717, 1.165) is 27.4 Å². The molecule has 0 aliphatic rings. The molecular weight excluding hydrogens is 536 g/mol. The molecule has 0 radical (unpaired) electrons. The second kappa shape index (κ2) is 12.3. The van der Waals surface area contributed by atoms with E-state index in [9.17, 15) is 9.59 Å². The Labute approximate surface area is 199 Å². The average Bonchev–Trinajstić information content (AvgIpc) is 2.71. The molecule has 0 aliphatic carbocycles. The van der Waals surface area contributed by atoms with Crippen LogP contribution in [0.25, 0.3) is 0 Å². The Balaban J connectivity index is 2.13. The number of hydrogen-bond donors (Lipinski definition) is 1. The molecular formula is C22H25Br2ClN2O3. The highest BCUT2D eigenvalue weighted by Crippen LogP contribution is 2.27. The number of nitrogens with zero attached hydrogens (tertiary/aromatic N) is 1. The molecule has 0 saturated heterocycles. The van der Waals surface area contributed by atoms with Gasteiger partial charge in [0.15, 0.2) is 6.61 Å². The molecule has 0 fully saturated rings. The molecule has 0 bridgehead atoms. The molecule has 1 atom stereocenters. The molecule has 5 nitrogen and oxygen atoms in total. The number of hydrogen-bond acceptors (Lipinski definition) is 3. The predicted molar refractivity (Wildman–Crippen MR) is 127 cm³/mol. The third-order valence-corrected chi connectivity index (χ3v) is 5.77. The maximum absolute atomic E-state index is 13.0. The van der Waals surface area contributed by atoms with Gasteiger partial charge in [-0.05, 0) is 49.2 Å². The molecule has 8 heteroatoms. The van der Waals surface area contributed by atoms with Gasteiger partial charge in [-0.25, -0.2) is 0 Å². The number of unbranched alkanes of at least 4 members (excludes halogenated alkanes) is 1. The van der Waals surface area contributed by atoms with Crippen LogP contribution in [0.15, 0.2) is 51.4 Å². The average molecular weight is 561 g/mol. The van der Waals surface area contributed by atoms with Gasteiger partial charge in [-0.2, -0.15) is 0 Å². The number of rotatable bonds is 10. The minimum atomic E-state index is -0.641. The summed E-state index contributed by atoms with van der Waals surface area (Å²) in [5.41, 5.74) is 0.910. The molecule has 0 unspecified atom stereocenters. The van der Waals surface area contributed by atoms with Crippen molar-refractivity contribution < 1.29 is 14.3 Å². The minimum Gasteiger partial charge on any atom is -0.482 e. The van der Waals surface area contributed by atoms with E-state index in [2.05, 4.69) is 44.1 Å². The van der Waals surface area contributed by atoms with Gasteiger partial charge in [0.25, 0.3) is 5.91 Å². The predicted octanol–water partition coefficient (Wildman–Crippen LogP) is 5.58. The first-order valence-corrected chi connectivity index (χ1v) is 11.7. The van der Waals surface area contributed by atoms with Crippen LogP contribution in [0.1, 0.15) is 32.3 Å². The normalized spacial score (nSPS) is 11.6. The van der Waals surface area contributed by atoms with E-state index in [-0.39, 0.29) is 25.0 Å². The number of ether oxygens (including phenoxy) is 1. The summed E-state index contributed by atoms with van der Waals surface area (Å²) in [7, 11) is 0. The lowest BCUT2D eigenvalue weighted by atomic mass is 10.1. The fourth-order valence-electron chi connectivity index (χ4n) is 2.77. The molecule has 2 aromatic carbocycles. The highest BCUT2D eigenvalue weighted by Gasteiger charge is 2.26.